The van der Waals surface area contributed by atoms with Crippen molar-refractivity contribution in [2.75, 3.05) is 0 Å². The summed E-state index contributed by atoms with van der Waals surface area (Å²) in [6, 6.07) is 12.9. The zero-order chi connectivity index (χ0) is 12.0. The number of hydrogen-bond acceptors (Lipinski definition) is 1. The molecule has 0 aliphatic rings. The van der Waals surface area contributed by atoms with Gasteiger partial charge in [0.25, 0.3) is 0 Å². The van der Waals surface area contributed by atoms with Crippen LogP contribution in [0.25, 0.3) is 21.5 Å². The molecule has 0 atom stereocenters. The van der Waals surface area contributed by atoms with E-state index in [1.165, 1.54) is 0 Å². The van der Waals surface area contributed by atoms with E-state index in [1.54, 1.807) is 12.1 Å². The molecular weight excluding hydrogens is 255 g/mol. The molecule has 17 heavy (non-hydrogen) atoms. The van der Waals surface area contributed by atoms with E-state index in [4.69, 9.17) is 23.2 Å². The molecule has 0 aliphatic heterocycles. The van der Waals surface area contributed by atoms with Crippen LogP contribution in [0.2, 0.25) is 10.0 Å². The molecule has 1 nitrogen and oxygen atoms in total. The van der Waals surface area contributed by atoms with Gasteiger partial charge in [-0.2, -0.15) is 0 Å². The summed E-state index contributed by atoms with van der Waals surface area (Å²) in [5.74, 6) is 0.177. The van der Waals surface area contributed by atoms with E-state index in [9.17, 15) is 5.11 Å². The molecule has 0 unspecified atom stereocenters. The van der Waals surface area contributed by atoms with Gasteiger partial charge in [-0.3, -0.25) is 0 Å². The fourth-order valence-electron chi connectivity index (χ4n) is 2.02. The SMILES string of the molecule is Oc1cc(Cl)c2cc3cc(Cl)ccc3cc2c1. The molecule has 0 fully saturated rings. The summed E-state index contributed by atoms with van der Waals surface area (Å²) >= 11 is 12.1. The second-order valence-electron chi connectivity index (χ2n) is 3.99. The number of halogens is 2. The molecule has 1 N–H and O–H groups in total. The average molecular weight is 263 g/mol. The third-order valence-corrected chi connectivity index (χ3v) is 3.35. The lowest BCUT2D eigenvalue weighted by Crippen LogP contribution is -1.78. The molecule has 3 rings (SSSR count). The Balaban J connectivity index is 2.48. The van der Waals surface area contributed by atoms with Gasteiger partial charge in [-0.15, -0.1) is 0 Å². The third-order valence-electron chi connectivity index (χ3n) is 2.81. The molecule has 0 aliphatic carbocycles. The molecule has 84 valence electrons. The van der Waals surface area contributed by atoms with Gasteiger partial charge in [0.05, 0.1) is 5.02 Å². The number of aromatic hydroxyl groups is 1. The summed E-state index contributed by atoms with van der Waals surface area (Å²) in [5.41, 5.74) is 0. The van der Waals surface area contributed by atoms with Crippen LogP contribution >= 0.6 is 23.2 Å². The van der Waals surface area contributed by atoms with E-state index in [0.29, 0.717) is 10.0 Å². The first-order chi connectivity index (χ1) is 8.13. The first-order valence-electron chi connectivity index (χ1n) is 5.15. The number of rotatable bonds is 0. The fourth-order valence-corrected chi connectivity index (χ4v) is 2.48. The molecule has 3 aromatic rings. The van der Waals surface area contributed by atoms with Crippen molar-refractivity contribution in [1.82, 2.24) is 0 Å². The van der Waals surface area contributed by atoms with Crippen molar-refractivity contribution >= 4 is 44.7 Å². The van der Waals surface area contributed by atoms with Crippen molar-refractivity contribution in [3.8, 4) is 5.75 Å². The van der Waals surface area contributed by atoms with Crippen molar-refractivity contribution in [2.45, 2.75) is 0 Å². The van der Waals surface area contributed by atoms with Gasteiger partial charge < -0.3 is 5.11 Å². The van der Waals surface area contributed by atoms with Gasteiger partial charge in [0.1, 0.15) is 5.75 Å². The van der Waals surface area contributed by atoms with Crippen LogP contribution in [0.4, 0.5) is 0 Å². The summed E-state index contributed by atoms with van der Waals surface area (Å²) in [7, 11) is 0. The third kappa shape index (κ3) is 1.82. The van der Waals surface area contributed by atoms with Crippen LogP contribution < -0.4 is 0 Å². The summed E-state index contributed by atoms with van der Waals surface area (Å²) in [6.45, 7) is 0. The number of hydrogen-bond donors (Lipinski definition) is 1. The Labute approximate surface area is 108 Å². The van der Waals surface area contributed by atoms with Gasteiger partial charge in [0, 0.05) is 10.4 Å². The van der Waals surface area contributed by atoms with Crippen molar-refractivity contribution in [3.05, 3.63) is 52.5 Å². The number of benzene rings is 3. The molecule has 0 saturated heterocycles. The van der Waals surface area contributed by atoms with Gasteiger partial charge in [0.2, 0.25) is 0 Å². The Bertz CT molecular complexity index is 735. The Morgan fingerprint density at radius 2 is 1.59 bits per heavy atom. The van der Waals surface area contributed by atoms with Crippen molar-refractivity contribution in [2.24, 2.45) is 0 Å². The van der Waals surface area contributed by atoms with E-state index < -0.39 is 0 Å². The molecule has 0 bridgehead atoms. The van der Waals surface area contributed by atoms with Crippen LogP contribution in [-0.2, 0) is 0 Å². The molecule has 3 aromatic carbocycles. The van der Waals surface area contributed by atoms with Crippen LogP contribution in [0, 0.1) is 0 Å². The summed E-state index contributed by atoms with van der Waals surface area (Å²) < 4.78 is 0. The van der Waals surface area contributed by atoms with Crippen LogP contribution in [0.1, 0.15) is 0 Å². The predicted octanol–water partition coefficient (Wildman–Crippen LogP) is 5.01. The standard InChI is InChI=1S/C14H8Cl2O/c15-11-2-1-8-3-10-5-12(17)7-14(16)13(10)6-9(8)4-11/h1-7,17H. The second-order valence-corrected chi connectivity index (χ2v) is 4.84. The van der Waals surface area contributed by atoms with Gasteiger partial charge >= 0.3 is 0 Å². The largest absolute Gasteiger partial charge is 0.508 e. The van der Waals surface area contributed by atoms with Crippen molar-refractivity contribution < 1.29 is 5.11 Å². The maximum Gasteiger partial charge on any atom is 0.117 e. The van der Waals surface area contributed by atoms with Crippen LogP contribution in [0.3, 0.4) is 0 Å². The van der Waals surface area contributed by atoms with Gasteiger partial charge in [-0.25, -0.2) is 0 Å². The second kappa shape index (κ2) is 3.80. The number of fused-ring (bicyclic) bond motifs is 2. The average Bonchev–Trinajstić information content (AvgIpc) is 2.27. The Kier molecular flexibility index (Phi) is 2.39. The Morgan fingerprint density at radius 1 is 0.765 bits per heavy atom. The first-order valence-corrected chi connectivity index (χ1v) is 5.90. The van der Waals surface area contributed by atoms with E-state index >= 15 is 0 Å². The maximum absolute atomic E-state index is 9.52. The first kappa shape index (κ1) is 10.7. The quantitative estimate of drug-likeness (QED) is 0.565. The molecule has 0 amide bonds. The molecule has 0 radical (unpaired) electrons. The molecule has 3 heteroatoms. The summed E-state index contributed by atoms with van der Waals surface area (Å²) in [4.78, 5) is 0. The lowest BCUT2D eigenvalue weighted by atomic mass is 10.0. The molecule has 0 saturated carbocycles. The minimum atomic E-state index is 0.177. The van der Waals surface area contributed by atoms with Gasteiger partial charge in [-0.1, -0.05) is 29.3 Å². The molecule has 0 heterocycles. The van der Waals surface area contributed by atoms with Gasteiger partial charge in [-0.05, 0) is 52.6 Å². The molecule has 0 spiro atoms. The zero-order valence-electron chi connectivity index (χ0n) is 8.74. The summed E-state index contributed by atoms with van der Waals surface area (Å²) in [6.07, 6.45) is 0. The van der Waals surface area contributed by atoms with Crippen LogP contribution in [0.5, 0.6) is 5.75 Å². The highest BCUT2D eigenvalue weighted by atomic mass is 35.5. The van der Waals surface area contributed by atoms with E-state index in [1.807, 2.05) is 30.3 Å². The molecule has 0 aromatic heterocycles. The van der Waals surface area contributed by atoms with Gasteiger partial charge in [0.15, 0.2) is 0 Å². The highest BCUT2D eigenvalue weighted by molar-refractivity contribution is 6.36. The van der Waals surface area contributed by atoms with Crippen molar-refractivity contribution in [3.63, 3.8) is 0 Å². The van der Waals surface area contributed by atoms with E-state index in [0.717, 1.165) is 21.5 Å². The number of phenolic OH excluding ortho intramolecular Hbond substituents is 1. The Morgan fingerprint density at radius 3 is 2.41 bits per heavy atom. The van der Waals surface area contributed by atoms with Crippen molar-refractivity contribution in [1.29, 1.82) is 0 Å². The molecular formula is C14H8Cl2O. The predicted molar refractivity (Wildman–Crippen MR) is 73.1 cm³/mol. The maximum atomic E-state index is 9.52. The minimum absolute atomic E-state index is 0.177. The topological polar surface area (TPSA) is 20.2 Å². The minimum Gasteiger partial charge on any atom is -0.508 e. The summed E-state index contributed by atoms with van der Waals surface area (Å²) in [5, 5.41) is 14.7. The van der Waals surface area contributed by atoms with E-state index in [2.05, 4.69) is 0 Å². The fraction of sp³-hybridized carbons (Fsp3) is 0. The lowest BCUT2D eigenvalue weighted by molar-refractivity contribution is 0.476. The normalized spacial score (nSPS) is 11.2. The smallest absolute Gasteiger partial charge is 0.117 e. The number of phenols is 1. The van der Waals surface area contributed by atoms with E-state index in [-0.39, 0.29) is 5.75 Å². The monoisotopic (exact) mass is 262 g/mol. The highest BCUT2D eigenvalue weighted by Crippen LogP contribution is 2.32. The lowest BCUT2D eigenvalue weighted by Gasteiger charge is -2.05. The van der Waals surface area contributed by atoms with Crippen LogP contribution in [-0.4, -0.2) is 5.11 Å². The highest BCUT2D eigenvalue weighted by Gasteiger charge is 2.04. The zero-order valence-corrected chi connectivity index (χ0v) is 10.3. The van der Waals surface area contributed by atoms with Crippen LogP contribution in [0.15, 0.2) is 42.5 Å². The Hall–Kier alpha value is -1.44.